The molecule has 0 heterocycles. The molecule has 0 aromatic rings. The van der Waals surface area contributed by atoms with Crippen LogP contribution in [0.4, 0.5) is 0 Å². The second-order valence-electron chi connectivity index (χ2n) is 3.40. The number of rotatable bonds is 4. The minimum Gasteiger partial charge on any atom is -0.328 e. The van der Waals surface area contributed by atoms with E-state index in [0.717, 1.165) is 6.42 Å². The van der Waals surface area contributed by atoms with Crippen molar-refractivity contribution in [2.45, 2.75) is 50.7 Å². The first kappa shape index (κ1) is 11.1. The van der Waals surface area contributed by atoms with Crippen LogP contribution < -0.4 is 5.73 Å². The largest absolute Gasteiger partial charge is 0.328 e. The highest BCUT2D eigenvalue weighted by molar-refractivity contribution is 7.86. The van der Waals surface area contributed by atoms with Crippen LogP contribution in [0, 0.1) is 0 Å². The van der Waals surface area contributed by atoms with Crippen LogP contribution >= 0.6 is 0 Å². The highest BCUT2D eigenvalue weighted by atomic mass is 32.2. The maximum absolute atomic E-state index is 11.4. The molecule has 0 fully saturated rings. The second-order valence-corrected chi connectivity index (χ2v) is 5.81. The Balaban J connectivity index is 3.83. The van der Waals surface area contributed by atoms with E-state index < -0.39 is 10.8 Å². The summed E-state index contributed by atoms with van der Waals surface area (Å²) in [4.78, 5) is 0. The van der Waals surface area contributed by atoms with Crippen LogP contribution in [0.15, 0.2) is 0 Å². The zero-order valence-electron chi connectivity index (χ0n) is 7.83. The first-order valence-corrected chi connectivity index (χ1v) is 5.37. The minimum absolute atomic E-state index is 0.160. The summed E-state index contributed by atoms with van der Waals surface area (Å²) in [6.45, 7) is 7.91. The molecule has 0 aliphatic rings. The van der Waals surface area contributed by atoms with Crippen molar-refractivity contribution >= 4 is 10.8 Å². The molecule has 0 radical (unpaired) electrons. The van der Waals surface area contributed by atoms with Crippen molar-refractivity contribution < 1.29 is 4.21 Å². The molecule has 0 spiro atoms. The van der Waals surface area contributed by atoms with E-state index in [2.05, 4.69) is 0 Å². The van der Waals surface area contributed by atoms with Crippen molar-refractivity contribution in [2.75, 3.05) is 0 Å². The Labute approximate surface area is 72.0 Å². The molecule has 3 unspecified atom stereocenters. The summed E-state index contributed by atoms with van der Waals surface area (Å²) in [7, 11) is -0.717. The lowest BCUT2D eigenvalue weighted by Gasteiger charge is -2.15. The van der Waals surface area contributed by atoms with Gasteiger partial charge in [-0.3, -0.25) is 4.21 Å². The summed E-state index contributed by atoms with van der Waals surface area (Å²) in [6, 6.07) is 0.160. The average Bonchev–Trinajstić information content (AvgIpc) is 1.84. The molecule has 3 heteroatoms. The maximum Gasteiger partial charge on any atom is 0.0337 e. The van der Waals surface area contributed by atoms with Crippen LogP contribution in [0.1, 0.15) is 34.1 Å². The predicted octanol–water partition coefficient (Wildman–Crippen LogP) is 1.27. The lowest BCUT2D eigenvalue weighted by atomic mass is 10.2. The Morgan fingerprint density at radius 2 is 1.73 bits per heavy atom. The van der Waals surface area contributed by atoms with E-state index >= 15 is 0 Å². The molecule has 0 amide bonds. The van der Waals surface area contributed by atoms with Gasteiger partial charge < -0.3 is 5.73 Å². The zero-order valence-corrected chi connectivity index (χ0v) is 8.65. The van der Waals surface area contributed by atoms with Crippen molar-refractivity contribution in [3.63, 3.8) is 0 Å². The third-order valence-corrected chi connectivity index (χ3v) is 3.48. The standard InChI is InChI=1S/C8H19NOS/c1-6(2)11(10)8(4)5-7(3)9/h6-8H,5,9H2,1-4H3. The molecule has 2 nitrogen and oxygen atoms in total. The smallest absolute Gasteiger partial charge is 0.0337 e. The Bertz CT molecular complexity index is 134. The quantitative estimate of drug-likeness (QED) is 0.702. The summed E-state index contributed by atoms with van der Waals surface area (Å²) >= 11 is 0. The highest BCUT2D eigenvalue weighted by Gasteiger charge is 2.15. The van der Waals surface area contributed by atoms with Gasteiger partial charge in [0.15, 0.2) is 0 Å². The van der Waals surface area contributed by atoms with Crippen LogP contribution in [-0.2, 0) is 10.8 Å². The van der Waals surface area contributed by atoms with E-state index in [1.165, 1.54) is 0 Å². The van der Waals surface area contributed by atoms with Gasteiger partial charge >= 0.3 is 0 Å². The topological polar surface area (TPSA) is 43.1 Å². The number of hydrogen-bond acceptors (Lipinski definition) is 2. The molecule has 0 rings (SSSR count). The van der Waals surface area contributed by atoms with Crippen molar-refractivity contribution in [3.8, 4) is 0 Å². The van der Waals surface area contributed by atoms with Gasteiger partial charge in [-0.2, -0.15) is 0 Å². The van der Waals surface area contributed by atoms with Crippen LogP contribution in [0.3, 0.4) is 0 Å². The Morgan fingerprint density at radius 3 is 2.00 bits per heavy atom. The fraction of sp³-hybridized carbons (Fsp3) is 1.00. The predicted molar refractivity (Wildman–Crippen MR) is 51.0 cm³/mol. The van der Waals surface area contributed by atoms with Crippen molar-refractivity contribution in [2.24, 2.45) is 5.73 Å². The van der Waals surface area contributed by atoms with Crippen molar-refractivity contribution in [1.82, 2.24) is 0 Å². The maximum atomic E-state index is 11.4. The average molecular weight is 177 g/mol. The molecule has 68 valence electrons. The normalized spacial score (nSPS) is 19.8. The Morgan fingerprint density at radius 1 is 1.27 bits per heavy atom. The monoisotopic (exact) mass is 177 g/mol. The van der Waals surface area contributed by atoms with Crippen LogP contribution in [-0.4, -0.2) is 20.8 Å². The fourth-order valence-corrected chi connectivity index (χ4v) is 2.51. The van der Waals surface area contributed by atoms with Crippen LogP contribution in [0.2, 0.25) is 0 Å². The van der Waals surface area contributed by atoms with Crippen molar-refractivity contribution in [3.05, 3.63) is 0 Å². The van der Waals surface area contributed by atoms with Gasteiger partial charge in [0.2, 0.25) is 0 Å². The summed E-state index contributed by atoms with van der Waals surface area (Å²) in [5, 5.41) is 0.485. The fourth-order valence-electron chi connectivity index (χ4n) is 1.08. The van der Waals surface area contributed by atoms with Gasteiger partial charge in [-0.15, -0.1) is 0 Å². The summed E-state index contributed by atoms with van der Waals surface area (Å²) in [5.74, 6) is 0. The minimum atomic E-state index is -0.717. The molecular formula is C8H19NOS. The Kier molecular flexibility index (Phi) is 4.93. The molecule has 11 heavy (non-hydrogen) atoms. The van der Waals surface area contributed by atoms with Gasteiger partial charge in [0.05, 0.1) is 0 Å². The van der Waals surface area contributed by atoms with E-state index in [-0.39, 0.29) is 16.5 Å². The number of nitrogens with two attached hydrogens (primary N) is 1. The van der Waals surface area contributed by atoms with Gasteiger partial charge in [-0.1, -0.05) is 20.8 Å². The molecule has 0 bridgehead atoms. The van der Waals surface area contributed by atoms with Gasteiger partial charge in [0.1, 0.15) is 0 Å². The number of hydrogen-bond donors (Lipinski definition) is 1. The van der Waals surface area contributed by atoms with Gasteiger partial charge in [0, 0.05) is 27.3 Å². The molecule has 0 saturated carbocycles. The third kappa shape index (κ3) is 4.53. The summed E-state index contributed by atoms with van der Waals surface area (Å²) in [6.07, 6.45) is 0.852. The van der Waals surface area contributed by atoms with Crippen molar-refractivity contribution in [1.29, 1.82) is 0 Å². The molecule has 0 saturated heterocycles. The summed E-state index contributed by atoms with van der Waals surface area (Å²) < 4.78 is 11.4. The molecule has 0 aromatic heterocycles. The molecule has 0 aliphatic carbocycles. The first-order valence-electron chi connectivity index (χ1n) is 4.10. The second kappa shape index (κ2) is 4.88. The van der Waals surface area contributed by atoms with E-state index in [1.54, 1.807) is 0 Å². The Hall–Kier alpha value is 0.110. The highest BCUT2D eigenvalue weighted by Crippen LogP contribution is 2.08. The lowest BCUT2D eigenvalue weighted by Crippen LogP contribution is -2.27. The molecule has 0 aliphatic heterocycles. The van der Waals surface area contributed by atoms with Crippen LogP contribution in [0.25, 0.3) is 0 Å². The van der Waals surface area contributed by atoms with Gasteiger partial charge in [0.25, 0.3) is 0 Å². The lowest BCUT2D eigenvalue weighted by molar-refractivity contribution is 0.623. The van der Waals surface area contributed by atoms with E-state index in [0.29, 0.717) is 0 Å². The molecule has 3 atom stereocenters. The van der Waals surface area contributed by atoms with E-state index in [9.17, 15) is 4.21 Å². The SMILES string of the molecule is CC(N)CC(C)S(=O)C(C)C. The van der Waals surface area contributed by atoms with Gasteiger partial charge in [-0.25, -0.2) is 0 Å². The first-order chi connectivity index (χ1) is 4.95. The summed E-state index contributed by atoms with van der Waals surface area (Å²) in [5.41, 5.74) is 5.60. The zero-order chi connectivity index (χ0) is 9.02. The van der Waals surface area contributed by atoms with E-state index in [4.69, 9.17) is 5.73 Å². The third-order valence-electron chi connectivity index (χ3n) is 1.56. The van der Waals surface area contributed by atoms with Gasteiger partial charge in [-0.05, 0) is 13.3 Å². The molecular weight excluding hydrogens is 158 g/mol. The molecule has 0 aromatic carbocycles. The van der Waals surface area contributed by atoms with E-state index in [1.807, 2.05) is 27.7 Å². The molecule has 2 N–H and O–H groups in total. The van der Waals surface area contributed by atoms with Crippen LogP contribution in [0.5, 0.6) is 0 Å².